The zero-order valence-electron chi connectivity index (χ0n) is 20.4. The van der Waals surface area contributed by atoms with Crippen LogP contribution in [0.5, 0.6) is 0 Å². The Hall–Kier alpha value is -3.94. The SMILES string of the molecule is CP(C)(=O)c1cncc(COC(=O)NCc2ccc(C(=O)Nc3cc(-c4cccs4)ccc3N)cc2)c1. The van der Waals surface area contributed by atoms with Gasteiger partial charge in [0.15, 0.2) is 0 Å². The fraction of sp³-hybridized carbons (Fsp3) is 0.148. The van der Waals surface area contributed by atoms with Crippen LogP contribution in [-0.4, -0.2) is 30.3 Å². The third kappa shape index (κ3) is 7.06. The molecule has 0 aliphatic carbocycles. The molecule has 0 atom stereocenters. The van der Waals surface area contributed by atoms with E-state index in [1.165, 1.54) is 0 Å². The lowest BCUT2D eigenvalue weighted by molar-refractivity contribution is 0.102. The summed E-state index contributed by atoms with van der Waals surface area (Å²) in [4.78, 5) is 30.0. The summed E-state index contributed by atoms with van der Waals surface area (Å²) < 4.78 is 17.4. The Kier molecular flexibility index (Phi) is 8.06. The number of anilines is 2. The zero-order chi connectivity index (χ0) is 26.4. The third-order valence-corrected chi connectivity index (χ3v) is 7.94. The monoisotopic (exact) mass is 534 g/mol. The lowest BCUT2D eigenvalue weighted by Gasteiger charge is -2.11. The van der Waals surface area contributed by atoms with E-state index in [9.17, 15) is 14.2 Å². The summed E-state index contributed by atoms with van der Waals surface area (Å²) in [5.74, 6) is -0.284. The molecule has 4 aromatic rings. The average Bonchev–Trinajstić information content (AvgIpc) is 3.42. The highest BCUT2D eigenvalue weighted by atomic mass is 32.1. The van der Waals surface area contributed by atoms with Crippen LogP contribution in [0.15, 0.2) is 78.4 Å². The average molecular weight is 535 g/mol. The summed E-state index contributed by atoms with van der Waals surface area (Å²) in [6.07, 6.45) is 2.54. The number of thiophene rings is 1. The van der Waals surface area contributed by atoms with Crippen molar-refractivity contribution in [3.05, 3.63) is 95.1 Å². The number of hydrogen-bond donors (Lipinski definition) is 3. The van der Waals surface area contributed by atoms with Gasteiger partial charge in [0.05, 0.1) is 11.4 Å². The number of aromatic nitrogens is 1. The minimum absolute atomic E-state index is 0.0165. The van der Waals surface area contributed by atoms with E-state index in [1.807, 2.05) is 29.6 Å². The Labute approximate surface area is 219 Å². The fourth-order valence-electron chi connectivity index (χ4n) is 3.45. The predicted octanol–water partition coefficient (Wildman–Crippen LogP) is 5.32. The molecule has 4 N–H and O–H groups in total. The summed E-state index contributed by atoms with van der Waals surface area (Å²) in [6.45, 7) is 3.57. The summed E-state index contributed by atoms with van der Waals surface area (Å²) in [7, 11) is -2.44. The molecule has 2 aromatic carbocycles. The Morgan fingerprint density at radius 3 is 2.51 bits per heavy atom. The van der Waals surface area contributed by atoms with Crippen molar-refractivity contribution >= 4 is 47.2 Å². The lowest BCUT2D eigenvalue weighted by Crippen LogP contribution is -2.24. The van der Waals surface area contributed by atoms with Crippen LogP contribution in [0, 0.1) is 0 Å². The first kappa shape index (κ1) is 26.1. The lowest BCUT2D eigenvalue weighted by atomic mass is 10.1. The highest BCUT2D eigenvalue weighted by Crippen LogP contribution is 2.34. The van der Waals surface area contributed by atoms with E-state index in [2.05, 4.69) is 15.6 Å². The third-order valence-electron chi connectivity index (χ3n) is 5.53. The number of nitrogen functional groups attached to an aromatic ring is 1. The Bertz CT molecular complexity index is 1450. The standard InChI is InChI=1S/C27H27N4O4PS/c1-36(2,34)22-12-19(14-29-16-22)17-35-27(33)30-15-18-5-7-20(8-6-18)26(32)31-24-13-21(9-10-23(24)28)25-4-3-11-37-25/h3-14,16H,15,17,28H2,1-2H3,(H,30,33)(H,31,32). The van der Waals surface area contributed by atoms with E-state index >= 15 is 0 Å². The number of ether oxygens (including phenoxy) is 1. The molecule has 0 radical (unpaired) electrons. The van der Waals surface area contributed by atoms with E-state index in [4.69, 9.17) is 10.5 Å². The molecular formula is C27H27N4O4PS. The second-order valence-electron chi connectivity index (χ2n) is 8.76. The maximum absolute atomic E-state index is 12.8. The molecule has 37 heavy (non-hydrogen) atoms. The summed E-state index contributed by atoms with van der Waals surface area (Å²) >= 11 is 1.61. The predicted molar refractivity (Wildman–Crippen MR) is 149 cm³/mol. The van der Waals surface area contributed by atoms with Gasteiger partial charge in [0.2, 0.25) is 0 Å². The Balaban J connectivity index is 1.29. The summed E-state index contributed by atoms with van der Waals surface area (Å²) in [5, 5.41) is 8.18. The van der Waals surface area contributed by atoms with Crippen molar-refractivity contribution in [1.29, 1.82) is 0 Å². The van der Waals surface area contributed by atoms with E-state index in [0.29, 0.717) is 27.8 Å². The van der Waals surface area contributed by atoms with Gasteiger partial charge in [-0.15, -0.1) is 11.3 Å². The van der Waals surface area contributed by atoms with Crippen molar-refractivity contribution in [2.24, 2.45) is 0 Å². The molecule has 2 amide bonds. The molecule has 0 spiro atoms. The van der Waals surface area contributed by atoms with E-state index in [0.717, 1.165) is 16.0 Å². The van der Waals surface area contributed by atoms with Gasteiger partial charge in [-0.1, -0.05) is 24.3 Å². The molecule has 8 nitrogen and oxygen atoms in total. The molecule has 190 valence electrons. The number of hydrogen-bond acceptors (Lipinski definition) is 7. The number of pyridine rings is 1. The van der Waals surface area contributed by atoms with Gasteiger partial charge in [0.25, 0.3) is 5.91 Å². The number of alkyl carbamates (subject to hydrolysis) is 1. The number of rotatable bonds is 8. The second kappa shape index (κ2) is 11.4. The Morgan fingerprint density at radius 1 is 1.03 bits per heavy atom. The zero-order valence-corrected chi connectivity index (χ0v) is 22.1. The normalized spacial score (nSPS) is 11.1. The first-order valence-electron chi connectivity index (χ1n) is 11.4. The number of carbonyl (C=O) groups excluding carboxylic acids is 2. The molecule has 10 heteroatoms. The van der Waals surface area contributed by atoms with Gasteiger partial charge >= 0.3 is 6.09 Å². The number of carbonyl (C=O) groups is 2. The van der Waals surface area contributed by atoms with Crippen molar-refractivity contribution in [2.75, 3.05) is 24.4 Å². The van der Waals surface area contributed by atoms with Gasteiger partial charge in [0.1, 0.15) is 13.7 Å². The first-order chi connectivity index (χ1) is 17.7. The maximum Gasteiger partial charge on any atom is 0.407 e. The van der Waals surface area contributed by atoms with E-state index in [1.54, 1.807) is 73.5 Å². The van der Waals surface area contributed by atoms with Crippen molar-refractivity contribution in [1.82, 2.24) is 10.3 Å². The quantitative estimate of drug-likeness (QED) is 0.208. The van der Waals surface area contributed by atoms with Crippen LogP contribution in [0.4, 0.5) is 16.2 Å². The van der Waals surface area contributed by atoms with Gasteiger partial charge in [-0.3, -0.25) is 9.78 Å². The van der Waals surface area contributed by atoms with Gasteiger partial charge < -0.3 is 25.7 Å². The second-order valence-corrected chi connectivity index (χ2v) is 12.9. The smallest absolute Gasteiger partial charge is 0.407 e. The van der Waals surface area contributed by atoms with Crippen LogP contribution >= 0.6 is 18.5 Å². The minimum atomic E-state index is -2.44. The van der Waals surface area contributed by atoms with Crippen molar-refractivity contribution < 1.29 is 18.9 Å². The van der Waals surface area contributed by atoms with Crippen LogP contribution in [0.3, 0.4) is 0 Å². The topological polar surface area (TPSA) is 123 Å². The van der Waals surface area contributed by atoms with Crippen molar-refractivity contribution in [2.45, 2.75) is 13.2 Å². The van der Waals surface area contributed by atoms with E-state index < -0.39 is 13.2 Å². The fourth-order valence-corrected chi connectivity index (χ4v) is 5.00. The summed E-state index contributed by atoms with van der Waals surface area (Å²) in [6, 6.07) is 18.2. The molecule has 4 rings (SSSR count). The minimum Gasteiger partial charge on any atom is -0.445 e. The Morgan fingerprint density at radius 2 is 1.81 bits per heavy atom. The van der Waals surface area contributed by atoms with Gasteiger partial charge in [-0.05, 0) is 66.2 Å². The molecular weight excluding hydrogens is 507 g/mol. The molecule has 0 saturated carbocycles. The molecule has 2 heterocycles. The number of nitrogens with two attached hydrogens (primary N) is 1. The number of nitrogens with one attached hydrogen (secondary N) is 2. The highest BCUT2D eigenvalue weighted by Gasteiger charge is 2.13. The highest BCUT2D eigenvalue weighted by molar-refractivity contribution is 7.70. The van der Waals surface area contributed by atoms with Crippen LogP contribution in [0.2, 0.25) is 0 Å². The maximum atomic E-state index is 12.8. The number of benzene rings is 2. The molecule has 2 aromatic heterocycles. The van der Waals surface area contributed by atoms with Crippen molar-refractivity contribution in [3.63, 3.8) is 0 Å². The van der Waals surface area contributed by atoms with Crippen LogP contribution in [0.25, 0.3) is 10.4 Å². The van der Waals surface area contributed by atoms with Gasteiger partial charge in [0, 0.05) is 40.2 Å². The molecule has 0 aliphatic heterocycles. The number of nitrogens with zero attached hydrogens (tertiary/aromatic N) is 1. The first-order valence-corrected chi connectivity index (χ1v) is 14.9. The molecule has 0 bridgehead atoms. The molecule has 0 saturated heterocycles. The van der Waals surface area contributed by atoms with Crippen molar-refractivity contribution in [3.8, 4) is 10.4 Å². The largest absolute Gasteiger partial charge is 0.445 e. The molecule has 0 unspecified atom stereocenters. The summed E-state index contributed by atoms with van der Waals surface area (Å²) in [5.41, 5.74) is 10.00. The number of amides is 2. The van der Waals surface area contributed by atoms with E-state index in [-0.39, 0.29) is 19.1 Å². The molecule has 0 aliphatic rings. The van der Waals surface area contributed by atoms with Crippen LogP contribution in [-0.2, 0) is 22.5 Å². The molecule has 0 fully saturated rings. The van der Waals surface area contributed by atoms with Crippen LogP contribution in [0.1, 0.15) is 21.5 Å². The van der Waals surface area contributed by atoms with Crippen LogP contribution < -0.4 is 21.7 Å². The van der Waals surface area contributed by atoms with Gasteiger partial charge in [-0.25, -0.2) is 4.79 Å². The van der Waals surface area contributed by atoms with Gasteiger partial charge in [-0.2, -0.15) is 0 Å².